The van der Waals surface area contributed by atoms with E-state index in [0.717, 1.165) is 22.1 Å². The number of rotatable bonds is 10. The molecule has 0 aliphatic carbocycles. The molecule has 1 aromatic heterocycles. The molecular formula is C26H39N3O4S3. The first-order valence-electron chi connectivity index (χ1n) is 12.3. The number of thiophene rings is 1. The van der Waals surface area contributed by atoms with E-state index in [0.29, 0.717) is 24.5 Å². The molecule has 2 N–H and O–H groups in total. The number of nitrogens with one attached hydrogen (secondary N) is 2. The zero-order chi connectivity index (χ0) is 26.4. The van der Waals surface area contributed by atoms with Crippen LogP contribution in [-0.4, -0.2) is 56.8 Å². The van der Waals surface area contributed by atoms with Gasteiger partial charge in [0.25, 0.3) is 5.91 Å². The molecule has 3 heterocycles. The van der Waals surface area contributed by atoms with Gasteiger partial charge in [-0.2, -0.15) is 0 Å². The van der Waals surface area contributed by atoms with Crippen molar-refractivity contribution in [2.75, 3.05) is 40.1 Å². The minimum Gasteiger partial charge on any atom is -0.375 e. The quantitative estimate of drug-likeness (QED) is 0.181. The Hall–Kier alpha value is -1.14. The van der Waals surface area contributed by atoms with Gasteiger partial charge in [-0.3, -0.25) is 19.2 Å². The van der Waals surface area contributed by atoms with Crippen molar-refractivity contribution < 1.29 is 19.2 Å². The van der Waals surface area contributed by atoms with Crippen molar-refractivity contribution in [2.24, 2.45) is 11.8 Å². The molecule has 10 heteroatoms. The van der Waals surface area contributed by atoms with Gasteiger partial charge in [0.15, 0.2) is 0 Å². The molecule has 1 aromatic rings. The van der Waals surface area contributed by atoms with E-state index < -0.39 is 0 Å². The lowest BCUT2D eigenvalue weighted by Gasteiger charge is -2.22. The average molecular weight is 554 g/mol. The predicted molar refractivity (Wildman–Crippen MR) is 151 cm³/mol. The van der Waals surface area contributed by atoms with E-state index in [1.807, 2.05) is 11.8 Å². The molecule has 2 aliphatic rings. The molecule has 0 saturated carbocycles. The number of fused-ring (bicyclic) bond motifs is 1. The Balaban J connectivity index is 2.01. The van der Waals surface area contributed by atoms with Gasteiger partial charge in [0.1, 0.15) is 0 Å². The molecule has 2 amide bonds. The van der Waals surface area contributed by atoms with Crippen LogP contribution in [-0.2, 0) is 25.6 Å². The highest BCUT2D eigenvalue weighted by Crippen LogP contribution is 2.44. The van der Waals surface area contributed by atoms with Gasteiger partial charge < -0.3 is 9.57 Å². The summed E-state index contributed by atoms with van der Waals surface area (Å²) in [7, 11) is 5.12. The lowest BCUT2D eigenvalue weighted by atomic mass is 9.94. The molecule has 200 valence electrons. The minimum absolute atomic E-state index is 0.0619. The van der Waals surface area contributed by atoms with E-state index >= 15 is 0 Å². The number of hydrogen-bond donors (Lipinski definition) is 2. The summed E-state index contributed by atoms with van der Waals surface area (Å²) in [5, 5.41) is 0. The molecular weight excluding hydrogens is 515 g/mol. The number of methoxy groups -OCH3 is 1. The van der Waals surface area contributed by atoms with Gasteiger partial charge in [0.2, 0.25) is 5.91 Å². The van der Waals surface area contributed by atoms with E-state index in [4.69, 9.17) is 9.57 Å². The maximum Gasteiger partial charge on any atom is 0.257 e. The molecule has 3 atom stereocenters. The summed E-state index contributed by atoms with van der Waals surface area (Å²) in [6.45, 7) is 10.0. The number of likely N-dealkylation sites (N-methyl/N-ethyl adjacent to an activating group) is 1. The second-order valence-electron chi connectivity index (χ2n) is 9.71. The van der Waals surface area contributed by atoms with Crippen molar-refractivity contribution in [2.45, 2.75) is 52.6 Å². The van der Waals surface area contributed by atoms with Crippen LogP contribution in [0.1, 0.15) is 61.5 Å². The first-order chi connectivity index (χ1) is 17.2. The van der Waals surface area contributed by atoms with E-state index in [9.17, 15) is 9.59 Å². The minimum atomic E-state index is -0.194. The number of thioether (sulfide) groups is 1. The van der Waals surface area contributed by atoms with E-state index in [1.54, 1.807) is 32.5 Å². The third-order valence-electron chi connectivity index (χ3n) is 6.33. The number of amides is 2. The summed E-state index contributed by atoms with van der Waals surface area (Å²) in [6.07, 6.45) is 2.99. The average Bonchev–Trinajstić information content (AvgIpc) is 3.35. The highest BCUT2D eigenvalue weighted by molar-refractivity contribution is 8.03. The Morgan fingerprint density at radius 3 is 2.69 bits per heavy atom. The van der Waals surface area contributed by atoms with Crippen molar-refractivity contribution >= 4 is 46.9 Å². The Morgan fingerprint density at radius 2 is 2.08 bits per heavy atom. The molecule has 2 aliphatic heterocycles. The second-order valence-corrected chi connectivity index (χ2v) is 13.1. The van der Waals surface area contributed by atoms with Gasteiger partial charge in [-0.05, 0) is 41.3 Å². The van der Waals surface area contributed by atoms with Crippen molar-refractivity contribution in [3.8, 4) is 0 Å². The summed E-state index contributed by atoms with van der Waals surface area (Å²) in [5.41, 5.74) is 4.66. The van der Waals surface area contributed by atoms with Crippen LogP contribution >= 0.6 is 35.0 Å². The topological polar surface area (TPSA) is 79.9 Å². The van der Waals surface area contributed by atoms with Crippen molar-refractivity contribution in [3.63, 3.8) is 0 Å². The van der Waals surface area contributed by atoms with Crippen molar-refractivity contribution in [1.82, 2.24) is 15.1 Å². The molecule has 0 spiro atoms. The molecule has 1 fully saturated rings. The Bertz CT molecular complexity index is 1000. The van der Waals surface area contributed by atoms with Gasteiger partial charge in [0, 0.05) is 72.0 Å². The number of imide groups is 1. The smallest absolute Gasteiger partial charge is 0.257 e. The largest absolute Gasteiger partial charge is 0.375 e. The van der Waals surface area contributed by atoms with Crippen LogP contribution in [0, 0.1) is 11.8 Å². The third-order valence-corrected chi connectivity index (χ3v) is 9.65. The Morgan fingerprint density at radius 1 is 1.33 bits per heavy atom. The van der Waals surface area contributed by atoms with Crippen LogP contribution in [0.15, 0.2) is 27.5 Å². The fraction of sp³-hybridized carbons (Fsp3) is 0.615. The fourth-order valence-electron chi connectivity index (χ4n) is 4.35. The number of carbonyl (C=O) groups excluding carboxylic acids is 2. The van der Waals surface area contributed by atoms with Gasteiger partial charge in [-0.1, -0.05) is 26.8 Å². The SMILES string of the molecule is CNOCC1CS/C(C)=C\C(C)C(OC)c2sc(C/C(SNCC(C)C)=C3/CC(=O)N(C)C3=O)cc21. The summed E-state index contributed by atoms with van der Waals surface area (Å²) in [5.74, 6) is 1.46. The number of likely N-dealkylation sites (tertiary alicyclic amines) is 1. The summed E-state index contributed by atoms with van der Waals surface area (Å²) in [6, 6.07) is 2.26. The van der Waals surface area contributed by atoms with Crippen LogP contribution in [0.5, 0.6) is 0 Å². The summed E-state index contributed by atoms with van der Waals surface area (Å²) >= 11 is 5.09. The monoisotopic (exact) mass is 553 g/mol. The number of ether oxygens (including phenoxy) is 1. The molecule has 3 rings (SSSR count). The number of hydrogen-bond acceptors (Lipinski definition) is 9. The molecule has 3 unspecified atom stereocenters. The molecule has 0 radical (unpaired) electrons. The van der Waals surface area contributed by atoms with Gasteiger partial charge in [-0.25, -0.2) is 5.48 Å². The normalized spacial score (nSPS) is 25.9. The Labute approximate surface area is 227 Å². The van der Waals surface area contributed by atoms with Crippen LogP contribution in [0.2, 0.25) is 0 Å². The lowest BCUT2D eigenvalue weighted by molar-refractivity contribution is -0.135. The zero-order valence-corrected chi connectivity index (χ0v) is 24.8. The van der Waals surface area contributed by atoms with Crippen LogP contribution in [0.4, 0.5) is 0 Å². The second kappa shape index (κ2) is 13.6. The third kappa shape index (κ3) is 7.24. The summed E-state index contributed by atoms with van der Waals surface area (Å²) < 4.78 is 9.45. The number of hydroxylamine groups is 1. The molecule has 7 nitrogen and oxygen atoms in total. The van der Waals surface area contributed by atoms with Gasteiger partial charge in [0.05, 0.1) is 19.1 Å². The highest BCUT2D eigenvalue weighted by Gasteiger charge is 2.34. The van der Waals surface area contributed by atoms with Gasteiger partial charge in [-0.15, -0.1) is 23.1 Å². The Kier molecular flexibility index (Phi) is 11.1. The summed E-state index contributed by atoms with van der Waals surface area (Å²) in [4.78, 5) is 36.6. The van der Waals surface area contributed by atoms with E-state index in [2.05, 4.69) is 50.0 Å². The molecule has 0 bridgehead atoms. The number of allylic oxidation sites excluding steroid dienone is 2. The molecule has 1 saturated heterocycles. The standard InChI is InChI=1S/C26H39N3O4S3/c1-15(2)12-28-36-22(21-11-23(30)29(6)26(21)31)10-19-9-20-18(13-33-27-5)14-34-17(4)8-16(3)24(32-7)25(20)35-19/h8-9,15-16,18,24,27-28H,10-14H2,1-7H3/b17-8-,22-21+. The first-order valence-corrected chi connectivity index (χ1v) is 15.0. The van der Waals surface area contributed by atoms with Crippen LogP contribution in [0.25, 0.3) is 0 Å². The molecule has 36 heavy (non-hydrogen) atoms. The van der Waals surface area contributed by atoms with Crippen molar-refractivity contribution in [3.05, 3.63) is 42.8 Å². The maximum absolute atomic E-state index is 12.9. The van der Waals surface area contributed by atoms with E-state index in [-0.39, 0.29) is 36.2 Å². The predicted octanol–water partition coefficient (Wildman–Crippen LogP) is 5.04. The zero-order valence-electron chi connectivity index (χ0n) is 22.3. The lowest BCUT2D eigenvalue weighted by Crippen LogP contribution is -2.24. The van der Waals surface area contributed by atoms with Gasteiger partial charge >= 0.3 is 0 Å². The highest BCUT2D eigenvalue weighted by atomic mass is 32.2. The maximum atomic E-state index is 12.9. The number of nitrogens with zero attached hydrogens (tertiary/aromatic N) is 1. The van der Waals surface area contributed by atoms with E-state index in [1.165, 1.54) is 32.2 Å². The van der Waals surface area contributed by atoms with Crippen LogP contribution in [0.3, 0.4) is 0 Å². The van der Waals surface area contributed by atoms with Crippen molar-refractivity contribution in [1.29, 1.82) is 0 Å². The van der Waals surface area contributed by atoms with Crippen LogP contribution < -0.4 is 10.2 Å². The molecule has 0 aromatic carbocycles. The number of carbonyl (C=O) groups is 2. The fourth-order valence-corrected chi connectivity index (χ4v) is 8.05. The first kappa shape index (κ1) is 29.4.